The standard InChI is InChI=1S/C16H11ClO3/c1-19-14-4-2-3-11-9-13(16(18)20-15(11)14)10-5-7-12(17)8-6-10/h2-9H,1H3. The Kier molecular flexibility index (Phi) is 3.20. The van der Waals surface area contributed by atoms with Crippen LogP contribution in [0.2, 0.25) is 5.02 Å². The molecule has 0 aliphatic rings. The largest absolute Gasteiger partial charge is 0.493 e. The summed E-state index contributed by atoms with van der Waals surface area (Å²) >= 11 is 5.86. The molecule has 0 amide bonds. The Hall–Kier alpha value is -2.26. The lowest BCUT2D eigenvalue weighted by Crippen LogP contribution is -2.03. The lowest BCUT2D eigenvalue weighted by Gasteiger charge is -2.06. The molecule has 0 aliphatic heterocycles. The van der Waals surface area contributed by atoms with Crippen molar-refractivity contribution in [1.29, 1.82) is 0 Å². The van der Waals surface area contributed by atoms with Crippen molar-refractivity contribution in [2.75, 3.05) is 7.11 Å². The van der Waals surface area contributed by atoms with Crippen LogP contribution in [-0.2, 0) is 0 Å². The van der Waals surface area contributed by atoms with Crippen molar-refractivity contribution in [3.63, 3.8) is 0 Å². The number of fused-ring (bicyclic) bond motifs is 1. The van der Waals surface area contributed by atoms with Crippen molar-refractivity contribution >= 4 is 22.6 Å². The van der Waals surface area contributed by atoms with E-state index in [1.165, 1.54) is 0 Å². The molecule has 20 heavy (non-hydrogen) atoms. The maximum atomic E-state index is 12.1. The highest BCUT2D eigenvalue weighted by molar-refractivity contribution is 6.30. The van der Waals surface area contributed by atoms with Gasteiger partial charge in [0, 0.05) is 10.4 Å². The van der Waals surface area contributed by atoms with Crippen molar-refractivity contribution in [2.24, 2.45) is 0 Å². The van der Waals surface area contributed by atoms with Crippen LogP contribution in [0.25, 0.3) is 22.1 Å². The number of ether oxygens (including phenoxy) is 1. The van der Waals surface area contributed by atoms with Crippen LogP contribution in [0.4, 0.5) is 0 Å². The van der Waals surface area contributed by atoms with E-state index in [1.807, 2.05) is 12.1 Å². The van der Waals surface area contributed by atoms with Crippen molar-refractivity contribution in [3.05, 3.63) is 64.0 Å². The van der Waals surface area contributed by atoms with Gasteiger partial charge in [0.15, 0.2) is 11.3 Å². The van der Waals surface area contributed by atoms with E-state index in [9.17, 15) is 4.79 Å². The Morgan fingerprint density at radius 2 is 1.85 bits per heavy atom. The fourth-order valence-corrected chi connectivity index (χ4v) is 2.24. The molecule has 3 rings (SSSR count). The average molecular weight is 287 g/mol. The minimum atomic E-state index is -0.399. The van der Waals surface area contributed by atoms with E-state index in [4.69, 9.17) is 20.8 Å². The first-order valence-electron chi connectivity index (χ1n) is 6.06. The van der Waals surface area contributed by atoms with Crippen LogP contribution in [0.5, 0.6) is 5.75 Å². The summed E-state index contributed by atoms with van der Waals surface area (Å²) in [4.78, 5) is 12.1. The maximum Gasteiger partial charge on any atom is 0.344 e. The Morgan fingerprint density at radius 3 is 2.55 bits per heavy atom. The quantitative estimate of drug-likeness (QED) is 0.665. The SMILES string of the molecule is COc1cccc2cc(-c3ccc(Cl)cc3)c(=O)oc12. The molecule has 1 heterocycles. The van der Waals surface area contributed by atoms with Gasteiger partial charge in [0.25, 0.3) is 0 Å². The molecule has 1 aromatic heterocycles. The second kappa shape index (κ2) is 5.02. The Labute approximate surface area is 120 Å². The summed E-state index contributed by atoms with van der Waals surface area (Å²) in [5, 5.41) is 1.44. The highest BCUT2D eigenvalue weighted by atomic mass is 35.5. The fraction of sp³-hybridized carbons (Fsp3) is 0.0625. The van der Waals surface area contributed by atoms with Gasteiger partial charge in [-0.3, -0.25) is 0 Å². The monoisotopic (exact) mass is 286 g/mol. The van der Waals surface area contributed by atoms with Crippen molar-refractivity contribution in [1.82, 2.24) is 0 Å². The predicted molar refractivity (Wildman–Crippen MR) is 79.5 cm³/mol. The smallest absolute Gasteiger partial charge is 0.344 e. The van der Waals surface area contributed by atoms with Crippen LogP contribution < -0.4 is 10.4 Å². The molecule has 3 aromatic rings. The minimum absolute atomic E-state index is 0.399. The molecular weight excluding hydrogens is 276 g/mol. The van der Waals surface area contributed by atoms with Crippen LogP contribution in [0.3, 0.4) is 0 Å². The Morgan fingerprint density at radius 1 is 1.10 bits per heavy atom. The summed E-state index contributed by atoms with van der Waals surface area (Å²) in [5.41, 5.74) is 1.33. The van der Waals surface area contributed by atoms with Crippen LogP contribution in [0.1, 0.15) is 0 Å². The second-order valence-corrected chi connectivity index (χ2v) is 4.77. The molecular formula is C16H11ClO3. The third-order valence-electron chi connectivity index (χ3n) is 3.10. The number of para-hydroxylation sites is 1. The van der Waals surface area contributed by atoms with Gasteiger partial charge in [-0.2, -0.15) is 0 Å². The highest BCUT2D eigenvalue weighted by Crippen LogP contribution is 2.27. The van der Waals surface area contributed by atoms with Crippen LogP contribution in [0, 0.1) is 0 Å². The number of methoxy groups -OCH3 is 1. The van der Waals surface area contributed by atoms with E-state index in [2.05, 4.69) is 0 Å². The third-order valence-corrected chi connectivity index (χ3v) is 3.35. The van der Waals surface area contributed by atoms with Gasteiger partial charge in [-0.25, -0.2) is 4.79 Å². The predicted octanol–water partition coefficient (Wildman–Crippen LogP) is 4.12. The molecule has 0 aliphatic carbocycles. The molecule has 100 valence electrons. The summed E-state index contributed by atoms with van der Waals surface area (Å²) in [7, 11) is 1.54. The van der Waals surface area contributed by atoms with Crippen LogP contribution in [0.15, 0.2) is 57.7 Å². The Balaban J connectivity index is 2.25. The first-order valence-corrected chi connectivity index (χ1v) is 6.43. The zero-order valence-corrected chi connectivity index (χ0v) is 11.5. The van der Waals surface area contributed by atoms with E-state index in [1.54, 1.807) is 43.5 Å². The zero-order chi connectivity index (χ0) is 14.1. The van der Waals surface area contributed by atoms with Crippen LogP contribution >= 0.6 is 11.6 Å². The fourth-order valence-electron chi connectivity index (χ4n) is 2.11. The lowest BCUT2D eigenvalue weighted by molar-refractivity contribution is 0.407. The van der Waals surface area contributed by atoms with Gasteiger partial charge in [0.1, 0.15) is 0 Å². The summed E-state index contributed by atoms with van der Waals surface area (Å²) in [6.07, 6.45) is 0. The van der Waals surface area contributed by atoms with Gasteiger partial charge >= 0.3 is 5.63 Å². The van der Waals surface area contributed by atoms with Gasteiger partial charge in [0.05, 0.1) is 12.7 Å². The van der Waals surface area contributed by atoms with Crippen molar-refractivity contribution < 1.29 is 9.15 Å². The number of hydrogen-bond donors (Lipinski definition) is 0. The first-order chi connectivity index (χ1) is 9.69. The normalized spacial score (nSPS) is 10.7. The number of hydrogen-bond acceptors (Lipinski definition) is 3. The van der Waals surface area contributed by atoms with E-state index in [-0.39, 0.29) is 0 Å². The number of rotatable bonds is 2. The molecule has 3 nitrogen and oxygen atoms in total. The van der Waals surface area contributed by atoms with E-state index < -0.39 is 5.63 Å². The molecule has 2 aromatic carbocycles. The molecule has 0 fully saturated rings. The number of benzene rings is 2. The van der Waals surface area contributed by atoms with Gasteiger partial charge < -0.3 is 9.15 Å². The summed E-state index contributed by atoms with van der Waals surface area (Å²) < 4.78 is 10.6. The molecule has 0 unspecified atom stereocenters. The Bertz CT molecular complexity index is 819. The minimum Gasteiger partial charge on any atom is -0.493 e. The zero-order valence-electron chi connectivity index (χ0n) is 10.7. The lowest BCUT2D eigenvalue weighted by atomic mass is 10.1. The van der Waals surface area contributed by atoms with Crippen molar-refractivity contribution in [3.8, 4) is 16.9 Å². The van der Waals surface area contributed by atoms with Crippen molar-refractivity contribution in [2.45, 2.75) is 0 Å². The average Bonchev–Trinajstić information content (AvgIpc) is 2.47. The summed E-state index contributed by atoms with van der Waals surface area (Å²) in [6.45, 7) is 0. The molecule has 4 heteroatoms. The topological polar surface area (TPSA) is 39.4 Å². The highest BCUT2D eigenvalue weighted by Gasteiger charge is 2.10. The molecule has 0 saturated carbocycles. The second-order valence-electron chi connectivity index (χ2n) is 4.33. The molecule has 0 atom stereocenters. The molecule has 0 radical (unpaired) electrons. The first kappa shape index (κ1) is 12.8. The third kappa shape index (κ3) is 2.17. The molecule has 0 N–H and O–H groups in total. The van der Waals surface area contributed by atoms with Crippen LogP contribution in [-0.4, -0.2) is 7.11 Å². The van der Waals surface area contributed by atoms with E-state index in [0.29, 0.717) is 21.9 Å². The summed E-state index contributed by atoms with van der Waals surface area (Å²) in [5.74, 6) is 0.544. The number of halogens is 1. The van der Waals surface area contributed by atoms with Gasteiger partial charge in [0.2, 0.25) is 0 Å². The van der Waals surface area contributed by atoms with Gasteiger partial charge in [-0.1, -0.05) is 35.9 Å². The maximum absolute atomic E-state index is 12.1. The van der Waals surface area contributed by atoms with Gasteiger partial charge in [-0.15, -0.1) is 0 Å². The molecule has 0 bridgehead atoms. The molecule has 0 saturated heterocycles. The summed E-state index contributed by atoms with van der Waals surface area (Å²) in [6, 6.07) is 14.4. The van der Waals surface area contributed by atoms with E-state index in [0.717, 1.165) is 10.9 Å². The van der Waals surface area contributed by atoms with E-state index >= 15 is 0 Å². The van der Waals surface area contributed by atoms with Gasteiger partial charge in [-0.05, 0) is 29.8 Å². The molecule has 0 spiro atoms.